The van der Waals surface area contributed by atoms with E-state index in [4.69, 9.17) is 5.26 Å². The molecular formula is C12H9F3N2O2. The largest absolute Gasteiger partial charge is 0.417 e. The number of benzene rings is 1. The minimum Gasteiger partial charge on any atom is -0.274 e. The van der Waals surface area contributed by atoms with Crippen LogP contribution in [0, 0.1) is 11.3 Å². The molecule has 2 amide bonds. The Morgan fingerprint density at radius 2 is 1.74 bits per heavy atom. The highest BCUT2D eigenvalue weighted by Gasteiger charge is 2.34. The Labute approximate surface area is 107 Å². The molecule has 1 rings (SSSR count). The van der Waals surface area contributed by atoms with Crippen LogP contribution in [0.3, 0.4) is 0 Å². The molecule has 0 radical (unpaired) electrons. The van der Waals surface area contributed by atoms with E-state index in [1.54, 1.807) is 0 Å². The number of alkyl halides is 3. The first kappa shape index (κ1) is 14.7. The lowest BCUT2D eigenvalue weighted by Crippen LogP contribution is -2.33. The zero-order valence-corrected chi connectivity index (χ0v) is 10.1. The Kier molecular flexibility index (Phi) is 3.95. The van der Waals surface area contributed by atoms with Crippen molar-refractivity contribution in [2.75, 3.05) is 4.90 Å². The van der Waals surface area contributed by atoms with Crippen LogP contribution < -0.4 is 4.90 Å². The zero-order valence-electron chi connectivity index (χ0n) is 10.1. The van der Waals surface area contributed by atoms with Crippen LogP contribution in [-0.4, -0.2) is 11.8 Å². The van der Waals surface area contributed by atoms with Crippen molar-refractivity contribution >= 4 is 17.5 Å². The first-order chi connectivity index (χ1) is 8.68. The molecule has 0 heterocycles. The van der Waals surface area contributed by atoms with E-state index in [9.17, 15) is 22.8 Å². The van der Waals surface area contributed by atoms with Gasteiger partial charge in [-0.2, -0.15) is 18.4 Å². The zero-order chi connectivity index (χ0) is 14.8. The molecule has 0 aliphatic rings. The SMILES string of the molecule is CC(=O)N(C(C)=O)c1ccc(C#N)c(C(F)(F)F)c1. The third kappa shape index (κ3) is 3.10. The van der Waals surface area contributed by atoms with Crippen LogP contribution in [0.2, 0.25) is 0 Å². The first-order valence-corrected chi connectivity index (χ1v) is 5.11. The van der Waals surface area contributed by atoms with Gasteiger partial charge in [0.1, 0.15) is 0 Å². The molecule has 0 aliphatic carbocycles. The maximum Gasteiger partial charge on any atom is 0.417 e. The predicted octanol–water partition coefficient (Wildman–Crippen LogP) is 2.48. The van der Waals surface area contributed by atoms with Gasteiger partial charge in [0.2, 0.25) is 11.8 Å². The Balaban J connectivity index is 3.45. The molecule has 1 aromatic carbocycles. The molecule has 4 nitrogen and oxygen atoms in total. The number of hydrogen-bond donors (Lipinski definition) is 0. The molecule has 0 aliphatic heterocycles. The van der Waals surface area contributed by atoms with Crippen molar-refractivity contribution in [3.05, 3.63) is 29.3 Å². The van der Waals surface area contributed by atoms with Crippen LogP contribution >= 0.6 is 0 Å². The summed E-state index contributed by atoms with van der Waals surface area (Å²) in [5.74, 6) is -1.41. The van der Waals surface area contributed by atoms with Crippen molar-refractivity contribution in [3.8, 4) is 6.07 Å². The molecule has 1 aromatic rings. The lowest BCUT2D eigenvalue weighted by molar-refractivity contribution is -0.138. The fourth-order valence-corrected chi connectivity index (χ4v) is 1.59. The summed E-state index contributed by atoms with van der Waals surface area (Å²) >= 11 is 0. The molecular weight excluding hydrogens is 261 g/mol. The topological polar surface area (TPSA) is 61.2 Å². The van der Waals surface area contributed by atoms with Crippen LogP contribution in [0.1, 0.15) is 25.0 Å². The van der Waals surface area contributed by atoms with Crippen molar-refractivity contribution in [2.24, 2.45) is 0 Å². The fraction of sp³-hybridized carbons (Fsp3) is 0.250. The Bertz CT molecular complexity index is 559. The van der Waals surface area contributed by atoms with Gasteiger partial charge >= 0.3 is 6.18 Å². The summed E-state index contributed by atoms with van der Waals surface area (Å²) in [5, 5.41) is 8.63. The van der Waals surface area contributed by atoms with Gasteiger partial charge in [0, 0.05) is 13.8 Å². The highest BCUT2D eigenvalue weighted by atomic mass is 19.4. The molecule has 0 fully saturated rings. The van der Waals surface area contributed by atoms with E-state index in [1.807, 2.05) is 0 Å². The number of halogens is 3. The number of nitrogens with zero attached hydrogens (tertiary/aromatic N) is 2. The van der Waals surface area contributed by atoms with Crippen molar-refractivity contribution < 1.29 is 22.8 Å². The van der Waals surface area contributed by atoms with Gasteiger partial charge in [0.15, 0.2) is 0 Å². The van der Waals surface area contributed by atoms with Gasteiger partial charge in [-0.25, -0.2) is 0 Å². The van der Waals surface area contributed by atoms with Gasteiger partial charge in [-0.1, -0.05) is 0 Å². The molecule has 19 heavy (non-hydrogen) atoms. The average molecular weight is 270 g/mol. The van der Waals surface area contributed by atoms with E-state index in [0.29, 0.717) is 11.0 Å². The van der Waals surface area contributed by atoms with E-state index in [0.717, 1.165) is 26.0 Å². The summed E-state index contributed by atoms with van der Waals surface area (Å²) in [7, 11) is 0. The fourth-order valence-electron chi connectivity index (χ4n) is 1.59. The van der Waals surface area contributed by atoms with Gasteiger partial charge < -0.3 is 0 Å². The van der Waals surface area contributed by atoms with E-state index < -0.39 is 29.1 Å². The molecule has 0 N–H and O–H groups in total. The van der Waals surface area contributed by atoms with Gasteiger partial charge in [-0.05, 0) is 18.2 Å². The Hall–Kier alpha value is -2.36. The number of amides is 2. The Morgan fingerprint density at radius 1 is 1.21 bits per heavy atom. The molecule has 0 saturated heterocycles. The van der Waals surface area contributed by atoms with Crippen molar-refractivity contribution in [2.45, 2.75) is 20.0 Å². The van der Waals surface area contributed by atoms with E-state index in [-0.39, 0.29) is 5.69 Å². The Morgan fingerprint density at radius 3 is 2.11 bits per heavy atom. The number of imide groups is 1. The first-order valence-electron chi connectivity index (χ1n) is 5.11. The van der Waals surface area contributed by atoms with Crippen molar-refractivity contribution in [1.29, 1.82) is 5.26 Å². The number of carbonyl (C=O) groups excluding carboxylic acids is 2. The number of anilines is 1. The highest BCUT2D eigenvalue weighted by Crippen LogP contribution is 2.34. The van der Waals surface area contributed by atoms with Crippen molar-refractivity contribution in [3.63, 3.8) is 0 Å². The quantitative estimate of drug-likeness (QED) is 0.787. The summed E-state index contributed by atoms with van der Waals surface area (Å²) < 4.78 is 38.2. The second kappa shape index (κ2) is 5.10. The highest BCUT2D eigenvalue weighted by molar-refractivity contribution is 6.13. The maximum absolute atomic E-state index is 12.7. The third-order valence-corrected chi connectivity index (χ3v) is 2.32. The van der Waals surface area contributed by atoms with Gasteiger partial charge in [0.05, 0.1) is 22.9 Å². The lowest BCUT2D eigenvalue weighted by atomic mass is 10.1. The standard InChI is InChI=1S/C12H9F3N2O2/c1-7(18)17(8(2)19)10-4-3-9(6-16)11(5-10)12(13,14)15/h3-5H,1-2H3. The molecule has 0 aromatic heterocycles. The summed E-state index contributed by atoms with van der Waals surface area (Å²) in [6.07, 6.45) is -4.74. The normalized spacial score (nSPS) is 10.7. The lowest BCUT2D eigenvalue weighted by Gasteiger charge is -2.19. The van der Waals surface area contributed by atoms with Crippen LogP contribution in [0.4, 0.5) is 18.9 Å². The number of rotatable bonds is 1. The van der Waals surface area contributed by atoms with Gasteiger partial charge in [0.25, 0.3) is 0 Å². The van der Waals surface area contributed by atoms with Crippen LogP contribution in [0.5, 0.6) is 0 Å². The summed E-state index contributed by atoms with van der Waals surface area (Å²) in [6, 6.07) is 4.08. The molecule has 0 spiro atoms. The molecule has 7 heteroatoms. The summed E-state index contributed by atoms with van der Waals surface area (Å²) in [6.45, 7) is 2.12. The number of carbonyl (C=O) groups is 2. The summed E-state index contributed by atoms with van der Waals surface area (Å²) in [5.41, 5.74) is -1.96. The summed E-state index contributed by atoms with van der Waals surface area (Å²) in [4.78, 5) is 23.1. The van der Waals surface area contributed by atoms with Crippen molar-refractivity contribution in [1.82, 2.24) is 0 Å². The third-order valence-electron chi connectivity index (χ3n) is 2.32. The predicted molar refractivity (Wildman–Crippen MR) is 60.0 cm³/mol. The van der Waals surface area contributed by atoms with Crippen LogP contribution in [-0.2, 0) is 15.8 Å². The van der Waals surface area contributed by atoms with Crippen LogP contribution in [0.15, 0.2) is 18.2 Å². The van der Waals surface area contributed by atoms with Crippen LogP contribution in [0.25, 0.3) is 0 Å². The molecule has 100 valence electrons. The van der Waals surface area contributed by atoms with Gasteiger partial charge in [-0.15, -0.1) is 0 Å². The molecule has 0 atom stereocenters. The smallest absolute Gasteiger partial charge is 0.274 e. The number of hydrogen-bond acceptors (Lipinski definition) is 3. The van der Waals surface area contributed by atoms with E-state index in [2.05, 4.69) is 0 Å². The molecule has 0 saturated carbocycles. The average Bonchev–Trinajstić information content (AvgIpc) is 2.26. The van der Waals surface area contributed by atoms with E-state index in [1.165, 1.54) is 6.07 Å². The second-order valence-corrected chi connectivity index (χ2v) is 3.71. The van der Waals surface area contributed by atoms with Gasteiger partial charge in [-0.3, -0.25) is 14.5 Å². The monoisotopic (exact) mass is 270 g/mol. The minimum atomic E-state index is -4.74. The minimum absolute atomic E-state index is 0.216. The number of nitriles is 1. The maximum atomic E-state index is 12.7. The molecule has 0 unspecified atom stereocenters. The molecule has 0 bridgehead atoms. The van der Waals surface area contributed by atoms with E-state index >= 15 is 0 Å². The second-order valence-electron chi connectivity index (χ2n) is 3.71.